The minimum atomic E-state index is -0.964. The van der Waals surface area contributed by atoms with E-state index in [1.54, 1.807) is 10.6 Å². The van der Waals surface area contributed by atoms with E-state index in [9.17, 15) is 9.59 Å². The topological polar surface area (TPSA) is 83.7 Å². The van der Waals surface area contributed by atoms with Gasteiger partial charge in [-0.15, -0.1) is 11.3 Å². The lowest BCUT2D eigenvalue weighted by molar-refractivity contribution is -0.137. The molecule has 0 fully saturated rings. The summed E-state index contributed by atoms with van der Waals surface area (Å²) in [7, 11) is 0. The molecule has 0 aliphatic heterocycles. The molecule has 0 aromatic carbocycles. The molecule has 7 heteroatoms. The Morgan fingerprint density at radius 1 is 1.43 bits per heavy atom. The van der Waals surface area contributed by atoms with Crippen LogP contribution in [-0.2, 0) is 4.79 Å². The van der Waals surface area contributed by atoms with Gasteiger partial charge in [-0.1, -0.05) is 6.07 Å². The maximum Gasteiger partial charge on any atom is 0.305 e. The van der Waals surface area contributed by atoms with Crippen LogP contribution in [0.5, 0.6) is 0 Å². The lowest BCUT2D eigenvalue weighted by Gasteiger charge is -2.14. The standard InChI is InChI=1S/C16H15N3O3S/c1-10-4-5-19-9-12(17-14(19)7-10)16(22)18-11(8-15(20)21)13-3-2-6-23-13/h2-7,9,11H,8H2,1H3,(H,18,22)(H,20,21)/t11-/m0/s1. The highest BCUT2D eigenvalue weighted by Gasteiger charge is 2.21. The van der Waals surface area contributed by atoms with Crippen LogP contribution in [0.2, 0.25) is 0 Å². The summed E-state index contributed by atoms with van der Waals surface area (Å²) in [4.78, 5) is 28.5. The first-order valence-electron chi connectivity index (χ1n) is 7.04. The van der Waals surface area contributed by atoms with Crippen molar-refractivity contribution in [3.8, 4) is 0 Å². The van der Waals surface area contributed by atoms with Crippen molar-refractivity contribution < 1.29 is 14.7 Å². The number of aryl methyl sites for hydroxylation is 1. The Labute approximate surface area is 136 Å². The minimum Gasteiger partial charge on any atom is -0.481 e. The van der Waals surface area contributed by atoms with E-state index in [1.807, 2.05) is 42.8 Å². The summed E-state index contributed by atoms with van der Waals surface area (Å²) in [6.07, 6.45) is 3.30. The zero-order valence-corrected chi connectivity index (χ0v) is 13.2. The van der Waals surface area contributed by atoms with Crippen LogP contribution in [0, 0.1) is 6.92 Å². The van der Waals surface area contributed by atoms with Gasteiger partial charge in [-0.2, -0.15) is 0 Å². The smallest absolute Gasteiger partial charge is 0.305 e. The van der Waals surface area contributed by atoms with Gasteiger partial charge in [0, 0.05) is 17.3 Å². The number of hydrogen-bond acceptors (Lipinski definition) is 4. The van der Waals surface area contributed by atoms with E-state index in [4.69, 9.17) is 5.11 Å². The fourth-order valence-corrected chi connectivity index (χ4v) is 3.09. The van der Waals surface area contributed by atoms with Crippen LogP contribution in [0.3, 0.4) is 0 Å². The number of carbonyl (C=O) groups is 2. The molecule has 1 atom stereocenters. The second-order valence-electron chi connectivity index (χ2n) is 5.24. The Bertz CT molecular complexity index is 855. The number of carboxylic acid groups (broad SMARTS) is 1. The van der Waals surface area contributed by atoms with Crippen LogP contribution in [0.25, 0.3) is 5.65 Å². The molecule has 0 bridgehead atoms. The van der Waals surface area contributed by atoms with Gasteiger partial charge in [-0.25, -0.2) is 4.98 Å². The number of carboxylic acids is 1. The maximum atomic E-state index is 12.4. The van der Waals surface area contributed by atoms with Gasteiger partial charge in [0.25, 0.3) is 5.91 Å². The molecule has 3 aromatic heterocycles. The summed E-state index contributed by atoms with van der Waals surface area (Å²) in [5, 5.41) is 13.7. The van der Waals surface area contributed by atoms with E-state index in [0.29, 0.717) is 5.65 Å². The molecule has 1 amide bonds. The van der Waals surface area contributed by atoms with E-state index in [-0.39, 0.29) is 18.0 Å². The van der Waals surface area contributed by atoms with Gasteiger partial charge in [0.05, 0.1) is 12.5 Å². The molecule has 3 heterocycles. The zero-order chi connectivity index (χ0) is 16.4. The Kier molecular flexibility index (Phi) is 4.12. The number of nitrogens with one attached hydrogen (secondary N) is 1. The van der Waals surface area contributed by atoms with E-state index in [2.05, 4.69) is 10.3 Å². The molecule has 0 aliphatic rings. The van der Waals surface area contributed by atoms with Gasteiger partial charge < -0.3 is 14.8 Å². The summed E-state index contributed by atoms with van der Waals surface area (Å²) in [6, 6.07) is 6.88. The molecule has 3 aromatic rings. The van der Waals surface area contributed by atoms with Crippen molar-refractivity contribution in [2.45, 2.75) is 19.4 Å². The maximum absolute atomic E-state index is 12.4. The molecule has 118 valence electrons. The fraction of sp³-hybridized carbons (Fsp3) is 0.188. The molecular weight excluding hydrogens is 314 g/mol. The summed E-state index contributed by atoms with van der Waals surface area (Å²) in [5.41, 5.74) is 2.00. The Morgan fingerprint density at radius 3 is 2.96 bits per heavy atom. The second kappa shape index (κ2) is 6.21. The third kappa shape index (κ3) is 3.40. The summed E-state index contributed by atoms with van der Waals surface area (Å²) >= 11 is 1.41. The number of aliphatic carboxylic acids is 1. The number of fused-ring (bicyclic) bond motifs is 1. The van der Waals surface area contributed by atoms with Crippen LogP contribution in [0.4, 0.5) is 0 Å². The van der Waals surface area contributed by atoms with Crippen molar-refractivity contribution in [1.82, 2.24) is 14.7 Å². The van der Waals surface area contributed by atoms with E-state index in [1.165, 1.54) is 11.3 Å². The first kappa shape index (κ1) is 15.2. The molecule has 0 saturated heterocycles. The highest BCUT2D eigenvalue weighted by atomic mass is 32.1. The van der Waals surface area contributed by atoms with Gasteiger partial charge >= 0.3 is 5.97 Å². The summed E-state index contributed by atoms with van der Waals surface area (Å²) in [5.74, 6) is -1.35. The van der Waals surface area contributed by atoms with Crippen LogP contribution in [0.15, 0.2) is 42.0 Å². The first-order valence-corrected chi connectivity index (χ1v) is 7.92. The van der Waals surface area contributed by atoms with Crippen LogP contribution in [0.1, 0.15) is 33.4 Å². The monoisotopic (exact) mass is 329 g/mol. The molecule has 2 N–H and O–H groups in total. The molecule has 0 aliphatic carbocycles. The van der Waals surface area contributed by atoms with Crippen LogP contribution < -0.4 is 5.32 Å². The highest BCUT2D eigenvalue weighted by molar-refractivity contribution is 7.10. The van der Waals surface area contributed by atoms with Crippen LogP contribution >= 0.6 is 11.3 Å². The van der Waals surface area contributed by atoms with Crippen LogP contribution in [-0.4, -0.2) is 26.4 Å². The summed E-state index contributed by atoms with van der Waals surface area (Å²) in [6.45, 7) is 1.95. The van der Waals surface area contributed by atoms with E-state index >= 15 is 0 Å². The normalized spacial score (nSPS) is 12.2. The Morgan fingerprint density at radius 2 is 2.26 bits per heavy atom. The summed E-state index contributed by atoms with van der Waals surface area (Å²) < 4.78 is 1.76. The lowest BCUT2D eigenvalue weighted by atomic mass is 10.1. The van der Waals surface area contributed by atoms with Crippen molar-refractivity contribution in [3.63, 3.8) is 0 Å². The fourth-order valence-electron chi connectivity index (χ4n) is 2.31. The Hall–Kier alpha value is -2.67. The van der Waals surface area contributed by atoms with Gasteiger partial charge in [-0.3, -0.25) is 9.59 Å². The Balaban J connectivity index is 1.83. The van der Waals surface area contributed by atoms with Crippen molar-refractivity contribution in [3.05, 3.63) is 58.2 Å². The van der Waals surface area contributed by atoms with E-state index in [0.717, 1.165) is 10.4 Å². The number of hydrogen-bond donors (Lipinski definition) is 2. The van der Waals surface area contributed by atoms with Gasteiger partial charge in [-0.05, 0) is 36.1 Å². The SMILES string of the molecule is Cc1ccn2cc(C(=O)N[C@@H](CC(=O)O)c3cccs3)nc2c1. The number of nitrogens with zero attached hydrogens (tertiary/aromatic N) is 2. The predicted molar refractivity (Wildman–Crippen MR) is 86.7 cm³/mol. The minimum absolute atomic E-state index is 0.168. The average Bonchev–Trinajstić information content (AvgIpc) is 3.14. The van der Waals surface area contributed by atoms with Crippen molar-refractivity contribution in [2.75, 3.05) is 0 Å². The molecule has 0 radical (unpaired) electrons. The average molecular weight is 329 g/mol. The molecular formula is C16H15N3O3S. The third-order valence-corrected chi connectivity index (χ3v) is 4.41. The molecule has 0 spiro atoms. The number of aromatic nitrogens is 2. The number of imidazole rings is 1. The number of amides is 1. The largest absolute Gasteiger partial charge is 0.481 e. The van der Waals surface area contributed by atoms with Gasteiger partial charge in [0.15, 0.2) is 0 Å². The molecule has 0 saturated carbocycles. The van der Waals surface area contributed by atoms with Crippen molar-refractivity contribution in [2.24, 2.45) is 0 Å². The molecule has 3 rings (SSSR count). The number of thiophene rings is 1. The number of pyridine rings is 1. The second-order valence-corrected chi connectivity index (χ2v) is 6.21. The van der Waals surface area contributed by atoms with Gasteiger partial charge in [0.1, 0.15) is 11.3 Å². The molecule has 6 nitrogen and oxygen atoms in total. The van der Waals surface area contributed by atoms with Crippen molar-refractivity contribution in [1.29, 1.82) is 0 Å². The van der Waals surface area contributed by atoms with Crippen molar-refractivity contribution >= 4 is 28.9 Å². The highest BCUT2D eigenvalue weighted by Crippen LogP contribution is 2.22. The molecule has 23 heavy (non-hydrogen) atoms. The quantitative estimate of drug-likeness (QED) is 0.754. The van der Waals surface area contributed by atoms with E-state index < -0.39 is 12.0 Å². The lowest BCUT2D eigenvalue weighted by Crippen LogP contribution is -2.29. The molecule has 0 unspecified atom stereocenters. The first-order chi connectivity index (χ1) is 11.0. The third-order valence-electron chi connectivity index (χ3n) is 3.42. The predicted octanol–water partition coefficient (Wildman–Crippen LogP) is 2.65. The number of rotatable bonds is 5. The zero-order valence-electron chi connectivity index (χ0n) is 12.4. The number of carbonyl (C=O) groups excluding carboxylic acids is 1. The van der Waals surface area contributed by atoms with Gasteiger partial charge in [0.2, 0.25) is 0 Å².